The smallest absolute Gasteiger partial charge is 0.229 e. The predicted molar refractivity (Wildman–Crippen MR) is 92.6 cm³/mol. The van der Waals surface area contributed by atoms with Gasteiger partial charge in [-0.05, 0) is 37.4 Å². The lowest BCUT2D eigenvalue weighted by molar-refractivity contribution is -0.120. The van der Waals surface area contributed by atoms with Gasteiger partial charge in [-0.3, -0.25) is 4.79 Å². The molecule has 0 bridgehead atoms. The molecule has 0 unspecified atom stereocenters. The lowest BCUT2D eigenvalue weighted by Crippen LogP contribution is -2.29. The summed E-state index contributed by atoms with van der Waals surface area (Å²) in [5.74, 6) is 1.12. The summed E-state index contributed by atoms with van der Waals surface area (Å²) in [5, 5.41) is 5.50. The zero-order valence-electron chi connectivity index (χ0n) is 13.1. The van der Waals surface area contributed by atoms with Gasteiger partial charge in [0.1, 0.15) is 5.75 Å². The fourth-order valence-corrected chi connectivity index (χ4v) is 3.89. The number of nitrogens with one attached hydrogen (secondary N) is 1. The van der Waals surface area contributed by atoms with Gasteiger partial charge in [0, 0.05) is 16.9 Å². The van der Waals surface area contributed by atoms with Crippen molar-refractivity contribution in [3.8, 4) is 17.0 Å². The van der Waals surface area contributed by atoms with Crippen molar-refractivity contribution < 1.29 is 9.53 Å². The number of carbonyl (C=O) groups excluding carboxylic acids is 1. The topological polar surface area (TPSA) is 77.2 Å². The maximum Gasteiger partial charge on any atom is 0.229 e. The van der Waals surface area contributed by atoms with Crippen molar-refractivity contribution in [3.05, 3.63) is 29.6 Å². The Morgan fingerprint density at radius 1 is 1.43 bits per heavy atom. The van der Waals surface area contributed by atoms with Crippen molar-refractivity contribution in [1.82, 2.24) is 4.98 Å². The van der Waals surface area contributed by atoms with Gasteiger partial charge in [0.05, 0.1) is 12.8 Å². The first-order valence-electron chi connectivity index (χ1n) is 7.82. The highest BCUT2D eigenvalue weighted by atomic mass is 32.1. The van der Waals surface area contributed by atoms with Crippen LogP contribution in [0.1, 0.15) is 19.3 Å². The Hall–Kier alpha value is -1.92. The van der Waals surface area contributed by atoms with Crippen molar-refractivity contribution in [2.24, 2.45) is 17.6 Å². The molecule has 0 aliphatic heterocycles. The largest absolute Gasteiger partial charge is 0.496 e. The van der Waals surface area contributed by atoms with Crippen molar-refractivity contribution in [1.29, 1.82) is 0 Å². The minimum atomic E-state index is 0.0126. The van der Waals surface area contributed by atoms with E-state index in [9.17, 15) is 4.79 Å². The molecule has 1 aliphatic carbocycles. The molecule has 2 atom stereocenters. The number of nitrogens with two attached hydrogens (primary N) is 1. The van der Waals surface area contributed by atoms with Crippen molar-refractivity contribution in [2.45, 2.75) is 19.3 Å². The van der Waals surface area contributed by atoms with E-state index in [0.29, 0.717) is 17.6 Å². The molecular weight excluding hydrogens is 310 g/mol. The number of nitrogens with zero attached hydrogens (tertiary/aromatic N) is 1. The van der Waals surface area contributed by atoms with E-state index in [0.717, 1.165) is 36.3 Å². The molecule has 2 aromatic rings. The molecule has 1 aromatic heterocycles. The predicted octanol–water partition coefficient (Wildman–Crippen LogP) is 3.13. The van der Waals surface area contributed by atoms with Gasteiger partial charge in [0.15, 0.2) is 5.13 Å². The second kappa shape index (κ2) is 7.10. The SMILES string of the molecule is COc1ccccc1-c1csc(NC(=O)[C@@H]2CCC[C@@H]2CN)n1. The molecule has 3 N–H and O–H groups in total. The molecular formula is C17H21N3O2S. The summed E-state index contributed by atoms with van der Waals surface area (Å²) >= 11 is 1.43. The Morgan fingerprint density at radius 2 is 2.26 bits per heavy atom. The molecule has 0 saturated heterocycles. The van der Waals surface area contributed by atoms with Gasteiger partial charge in [-0.1, -0.05) is 18.6 Å². The van der Waals surface area contributed by atoms with Crippen LogP contribution in [0.25, 0.3) is 11.3 Å². The first-order valence-corrected chi connectivity index (χ1v) is 8.70. The van der Waals surface area contributed by atoms with Gasteiger partial charge in [0.25, 0.3) is 0 Å². The second-order valence-corrected chi connectivity index (χ2v) is 6.62. The Labute approximate surface area is 139 Å². The number of aromatic nitrogens is 1. The van der Waals surface area contributed by atoms with Crippen LogP contribution in [0.4, 0.5) is 5.13 Å². The second-order valence-electron chi connectivity index (χ2n) is 5.76. The average molecular weight is 331 g/mol. The highest BCUT2D eigenvalue weighted by Gasteiger charge is 2.32. The number of amides is 1. The van der Waals surface area contributed by atoms with Crippen LogP contribution < -0.4 is 15.8 Å². The monoisotopic (exact) mass is 331 g/mol. The molecule has 3 rings (SSSR count). The van der Waals surface area contributed by atoms with Gasteiger partial charge < -0.3 is 15.8 Å². The fraction of sp³-hybridized carbons (Fsp3) is 0.412. The zero-order chi connectivity index (χ0) is 16.2. The van der Waals surface area contributed by atoms with E-state index in [4.69, 9.17) is 10.5 Å². The summed E-state index contributed by atoms with van der Waals surface area (Å²) in [7, 11) is 1.64. The number of ether oxygens (including phenoxy) is 1. The van der Waals surface area contributed by atoms with E-state index in [1.165, 1.54) is 11.3 Å². The standard InChI is InChI=1S/C17H21N3O2S/c1-22-15-8-3-2-6-13(15)14-10-23-17(19-14)20-16(21)12-7-4-5-11(12)9-18/h2-3,6,8,10-12H,4-5,7,9,18H2,1H3,(H,19,20,21)/t11-,12-/m1/s1. The quantitative estimate of drug-likeness (QED) is 0.882. The Morgan fingerprint density at radius 3 is 3.04 bits per heavy atom. The van der Waals surface area contributed by atoms with E-state index in [2.05, 4.69) is 10.3 Å². The van der Waals surface area contributed by atoms with Gasteiger partial charge >= 0.3 is 0 Å². The Bertz CT molecular complexity index is 686. The summed E-state index contributed by atoms with van der Waals surface area (Å²) in [4.78, 5) is 17.0. The molecule has 1 fully saturated rings. The number of rotatable bonds is 5. The van der Waals surface area contributed by atoms with Crippen LogP contribution in [-0.2, 0) is 4.79 Å². The zero-order valence-corrected chi connectivity index (χ0v) is 13.9. The van der Waals surface area contributed by atoms with E-state index in [1.807, 2.05) is 29.6 Å². The van der Waals surface area contributed by atoms with Crippen molar-refractivity contribution in [2.75, 3.05) is 19.0 Å². The van der Waals surface area contributed by atoms with Crippen LogP contribution in [0.2, 0.25) is 0 Å². The third-order valence-electron chi connectivity index (χ3n) is 4.42. The summed E-state index contributed by atoms with van der Waals surface area (Å²) in [6, 6.07) is 7.72. The number of carbonyl (C=O) groups is 1. The number of hydrogen-bond donors (Lipinski definition) is 2. The number of thiazole rings is 1. The van der Waals surface area contributed by atoms with Crippen LogP contribution in [0.3, 0.4) is 0 Å². The highest BCUT2D eigenvalue weighted by Crippen LogP contribution is 2.34. The van der Waals surface area contributed by atoms with Crippen LogP contribution in [-0.4, -0.2) is 24.5 Å². The highest BCUT2D eigenvalue weighted by molar-refractivity contribution is 7.14. The normalized spacial score (nSPS) is 20.4. The fourth-order valence-electron chi connectivity index (χ4n) is 3.17. The summed E-state index contributed by atoms with van der Waals surface area (Å²) < 4.78 is 5.36. The van der Waals surface area contributed by atoms with Crippen LogP contribution in [0.15, 0.2) is 29.6 Å². The van der Waals surface area contributed by atoms with Gasteiger partial charge in [-0.15, -0.1) is 11.3 Å². The molecule has 1 saturated carbocycles. The third kappa shape index (κ3) is 3.38. The van der Waals surface area contributed by atoms with E-state index >= 15 is 0 Å². The summed E-state index contributed by atoms with van der Waals surface area (Å²) in [6.07, 6.45) is 3.03. The minimum absolute atomic E-state index is 0.0126. The minimum Gasteiger partial charge on any atom is -0.496 e. The first kappa shape index (κ1) is 16.0. The molecule has 0 radical (unpaired) electrons. The third-order valence-corrected chi connectivity index (χ3v) is 5.17. The van der Waals surface area contributed by atoms with Crippen molar-refractivity contribution in [3.63, 3.8) is 0 Å². The number of hydrogen-bond acceptors (Lipinski definition) is 5. The van der Waals surface area contributed by atoms with E-state index in [-0.39, 0.29) is 11.8 Å². The molecule has 6 heteroatoms. The van der Waals surface area contributed by atoms with Crippen LogP contribution in [0.5, 0.6) is 5.75 Å². The first-order chi connectivity index (χ1) is 11.2. The van der Waals surface area contributed by atoms with Crippen molar-refractivity contribution >= 4 is 22.4 Å². The van der Waals surface area contributed by atoms with Gasteiger partial charge in [-0.25, -0.2) is 4.98 Å². The molecule has 5 nitrogen and oxygen atoms in total. The molecule has 1 aliphatic rings. The Kier molecular flexibility index (Phi) is 4.93. The molecule has 1 aromatic carbocycles. The van der Waals surface area contributed by atoms with E-state index in [1.54, 1.807) is 7.11 Å². The molecule has 23 heavy (non-hydrogen) atoms. The summed E-state index contributed by atoms with van der Waals surface area (Å²) in [5.41, 5.74) is 7.49. The molecule has 122 valence electrons. The van der Waals surface area contributed by atoms with Crippen LogP contribution in [0, 0.1) is 11.8 Å². The maximum absolute atomic E-state index is 12.4. The number of para-hydroxylation sites is 1. The summed E-state index contributed by atoms with van der Waals surface area (Å²) in [6.45, 7) is 0.572. The Balaban J connectivity index is 1.73. The number of methoxy groups -OCH3 is 1. The van der Waals surface area contributed by atoms with Gasteiger partial charge in [-0.2, -0.15) is 0 Å². The van der Waals surface area contributed by atoms with Gasteiger partial charge in [0.2, 0.25) is 5.91 Å². The lowest BCUT2D eigenvalue weighted by Gasteiger charge is -2.16. The lowest BCUT2D eigenvalue weighted by atomic mass is 9.95. The number of anilines is 1. The molecule has 1 amide bonds. The van der Waals surface area contributed by atoms with E-state index < -0.39 is 0 Å². The maximum atomic E-state index is 12.4. The molecule has 0 spiro atoms. The molecule has 1 heterocycles. The van der Waals surface area contributed by atoms with Crippen LogP contribution >= 0.6 is 11.3 Å². The average Bonchev–Trinajstić information content (AvgIpc) is 3.23. The number of benzene rings is 1.